The Hall–Kier alpha value is -3.95. The highest BCUT2D eigenvalue weighted by Crippen LogP contribution is 2.66. The molecule has 0 radical (unpaired) electrons. The van der Waals surface area contributed by atoms with Crippen LogP contribution in [0, 0.1) is 0 Å². The van der Waals surface area contributed by atoms with Crippen LogP contribution in [0.5, 0.6) is 0 Å². The van der Waals surface area contributed by atoms with Crippen molar-refractivity contribution in [2.24, 2.45) is 10.2 Å². The highest BCUT2D eigenvalue weighted by molar-refractivity contribution is 7.66. The van der Waals surface area contributed by atoms with E-state index in [0.29, 0.717) is 4.57 Å². The van der Waals surface area contributed by atoms with E-state index in [4.69, 9.17) is 46.7 Å². The highest BCUT2D eigenvalue weighted by Gasteiger charge is 2.58. The molecule has 0 saturated carbocycles. The van der Waals surface area contributed by atoms with E-state index in [1.165, 1.54) is 6.07 Å². The number of phosphoric ester groups is 1. The fourth-order valence-corrected chi connectivity index (χ4v) is 7.30. The number of phosphoric acid groups is 3. The first-order valence-electron chi connectivity index (χ1n) is 13.2. The lowest BCUT2D eigenvalue weighted by Crippen LogP contribution is -2.44. The smallest absolute Gasteiger partial charge is 0.393 e. The Balaban J connectivity index is 0.000000311. The molecule has 11 N–H and O–H groups in total. The summed E-state index contributed by atoms with van der Waals surface area (Å²) >= 11 is 0. The van der Waals surface area contributed by atoms with E-state index in [2.05, 4.69) is 43.2 Å². The Kier molecular flexibility index (Phi) is 13.0. The third kappa shape index (κ3) is 9.72. The molecule has 0 spiro atoms. The average molecular weight is 812 g/mol. The minimum absolute atomic E-state index is 0.0660. The number of hydrogen-bond donors (Lipinski definition) is 9. The SMILES string of the molecule is [N-]=[N+]=N[C@]1(CO)O[C@@H](n2ccc(N)nc2=O)[C@H](F)[C@@H]1O.[N-]=[N+]=N[C@]1(COP(=O)(O)OP(=O)(O)OP(=O)(O)O)O[C@@H](n2ccc(N)nc2=O)[C@H](F)[C@@H]1O. The second-order valence-electron chi connectivity index (χ2n) is 9.97. The van der Waals surface area contributed by atoms with Crippen molar-refractivity contribution < 1.29 is 80.0 Å². The van der Waals surface area contributed by atoms with Gasteiger partial charge in [0.2, 0.25) is 11.4 Å². The van der Waals surface area contributed by atoms with E-state index in [1.807, 2.05) is 0 Å². The number of alkyl halides is 2. The standard InChI is InChI=1S/C9H14FN6O13P3.C9H11FN6O4/c10-5-6(17)9(14-15-12,27-7(5)16-2-1-4(11)13-8(16)18)3-26-31(22,23)29-32(24,25)28-30(19,20)21;10-5-6(18)9(3-17,14-15-12)20-7(5)16-2-1-4(11)13-8(16)19/h1-2,5-7,17H,3H2,(H,22,23)(H,24,25)(H2,11,13,18)(H2,19,20,21);1-2,5-7,17-18H,3H2,(H2,11,13,19)/t2*5-,6+,7-,9-/m11/s1. The number of aromatic nitrogens is 4. The lowest BCUT2D eigenvalue weighted by atomic mass is 10.1. The third-order valence-electron chi connectivity index (χ3n) is 6.48. The molecule has 52 heavy (non-hydrogen) atoms. The first-order chi connectivity index (χ1) is 24.0. The van der Waals surface area contributed by atoms with Gasteiger partial charge in [-0.2, -0.15) is 18.6 Å². The summed E-state index contributed by atoms with van der Waals surface area (Å²) in [5.74, 6) is -0.308. The summed E-state index contributed by atoms with van der Waals surface area (Å²) in [6.07, 6.45) is -10.5. The van der Waals surface area contributed by atoms with Crippen molar-refractivity contribution in [2.45, 2.75) is 48.5 Å². The fourth-order valence-electron chi connectivity index (χ4n) is 4.26. The monoisotopic (exact) mass is 812 g/mol. The van der Waals surface area contributed by atoms with Gasteiger partial charge in [0.05, 0.1) is 13.2 Å². The molecule has 0 amide bonds. The number of rotatable bonds is 12. The molecule has 10 atom stereocenters. The lowest BCUT2D eigenvalue weighted by molar-refractivity contribution is -0.124. The number of hydrogen-bond acceptors (Lipinski definition) is 19. The topological polar surface area (TPSA) is 458 Å². The molecule has 4 heterocycles. The van der Waals surface area contributed by atoms with E-state index in [-0.39, 0.29) is 11.6 Å². The Bertz CT molecular complexity index is 2010. The number of aliphatic hydroxyl groups is 3. The summed E-state index contributed by atoms with van der Waals surface area (Å²) in [4.78, 5) is 70.5. The molecule has 288 valence electrons. The number of azide groups is 2. The second kappa shape index (κ2) is 16.0. The van der Waals surface area contributed by atoms with E-state index in [0.717, 1.165) is 23.0 Å². The maximum Gasteiger partial charge on any atom is 0.490 e. The Labute approximate surface area is 284 Å². The zero-order valence-electron chi connectivity index (χ0n) is 25.1. The normalized spacial score (nSPS) is 30.9. The molecule has 2 fully saturated rings. The molecule has 29 nitrogen and oxygen atoms in total. The predicted octanol–water partition coefficient (Wildman–Crippen LogP) is -1.54. The van der Waals surface area contributed by atoms with Crippen LogP contribution in [0.2, 0.25) is 0 Å². The molecule has 0 aliphatic carbocycles. The van der Waals surface area contributed by atoms with Crippen molar-refractivity contribution in [3.63, 3.8) is 0 Å². The van der Waals surface area contributed by atoms with E-state index in [9.17, 15) is 52.3 Å². The molecule has 2 aromatic rings. The summed E-state index contributed by atoms with van der Waals surface area (Å²) in [7, 11) is -17.3. The second-order valence-corrected chi connectivity index (χ2v) is 14.4. The molecule has 2 aromatic heterocycles. The van der Waals surface area contributed by atoms with Gasteiger partial charge in [-0.3, -0.25) is 13.7 Å². The quantitative estimate of drug-likeness (QED) is 0.0507. The zero-order chi connectivity index (χ0) is 39.4. The van der Waals surface area contributed by atoms with Crippen LogP contribution in [0.3, 0.4) is 0 Å². The van der Waals surface area contributed by atoms with E-state index < -0.39 is 96.5 Å². The van der Waals surface area contributed by atoms with Crippen LogP contribution < -0.4 is 22.8 Å². The summed E-state index contributed by atoms with van der Waals surface area (Å²) in [6.45, 7) is -2.47. The molecule has 0 bridgehead atoms. The Morgan fingerprint density at radius 2 is 1.27 bits per heavy atom. The largest absolute Gasteiger partial charge is 0.490 e. The first kappa shape index (κ1) is 42.5. The van der Waals surface area contributed by atoms with E-state index >= 15 is 0 Å². The molecule has 34 heteroatoms. The van der Waals surface area contributed by atoms with Crippen LogP contribution in [0.4, 0.5) is 20.4 Å². The predicted molar refractivity (Wildman–Crippen MR) is 159 cm³/mol. The minimum atomic E-state index is -5.88. The third-order valence-corrected chi connectivity index (χ3v) is 10.3. The fraction of sp³-hybridized carbons (Fsp3) is 0.556. The lowest BCUT2D eigenvalue weighted by Gasteiger charge is -2.27. The molecule has 2 unspecified atom stereocenters. The Morgan fingerprint density at radius 1 is 0.846 bits per heavy atom. The number of aliphatic hydroxyl groups excluding tert-OH is 3. The van der Waals surface area contributed by atoms with Crippen molar-refractivity contribution in [1.29, 1.82) is 0 Å². The van der Waals surface area contributed by atoms with E-state index in [1.54, 1.807) is 0 Å². The number of nitrogens with two attached hydrogens (primary N) is 2. The molecule has 2 aliphatic rings. The first-order valence-corrected chi connectivity index (χ1v) is 17.7. The van der Waals surface area contributed by atoms with Gasteiger partial charge < -0.3 is 55.8 Å². The minimum Gasteiger partial charge on any atom is -0.393 e. The molecular weight excluding hydrogens is 787 g/mol. The van der Waals surface area contributed by atoms with Crippen molar-refractivity contribution in [1.82, 2.24) is 19.1 Å². The van der Waals surface area contributed by atoms with Gasteiger partial charge in [0, 0.05) is 22.2 Å². The molecule has 2 saturated heterocycles. The van der Waals surface area contributed by atoms with Gasteiger partial charge >= 0.3 is 34.8 Å². The summed E-state index contributed by atoms with van der Waals surface area (Å²) in [6, 6.07) is 2.29. The van der Waals surface area contributed by atoms with Crippen molar-refractivity contribution in [2.75, 3.05) is 24.7 Å². The van der Waals surface area contributed by atoms with Crippen LogP contribution in [-0.2, 0) is 36.3 Å². The van der Waals surface area contributed by atoms with Gasteiger partial charge in [0.1, 0.15) is 23.8 Å². The number of nitrogen functional groups attached to an aromatic ring is 2. The van der Waals surface area contributed by atoms with Gasteiger partial charge in [-0.05, 0) is 23.2 Å². The van der Waals surface area contributed by atoms with Gasteiger partial charge in [-0.15, -0.1) is 0 Å². The van der Waals surface area contributed by atoms with Crippen molar-refractivity contribution in [3.8, 4) is 0 Å². The number of anilines is 2. The van der Waals surface area contributed by atoms with Crippen LogP contribution in [-0.4, -0.2) is 103 Å². The molecule has 4 rings (SSSR count). The van der Waals surface area contributed by atoms with Crippen LogP contribution in [0.1, 0.15) is 12.5 Å². The van der Waals surface area contributed by atoms with Gasteiger partial charge in [0.15, 0.2) is 24.8 Å². The summed E-state index contributed by atoms with van der Waals surface area (Å²) in [5.41, 5.74) is 20.7. The number of ether oxygens (including phenoxy) is 2. The zero-order valence-corrected chi connectivity index (χ0v) is 27.8. The maximum absolute atomic E-state index is 14.7. The van der Waals surface area contributed by atoms with Crippen LogP contribution >= 0.6 is 23.5 Å². The van der Waals surface area contributed by atoms with Crippen molar-refractivity contribution in [3.05, 3.63) is 66.4 Å². The van der Waals surface area contributed by atoms with Crippen LogP contribution in [0.15, 0.2) is 44.3 Å². The average Bonchev–Trinajstić information content (AvgIpc) is 3.40. The highest BCUT2D eigenvalue weighted by atomic mass is 31.3. The van der Waals surface area contributed by atoms with Gasteiger partial charge in [-0.1, -0.05) is 10.2 Å². The summed E-state index contributed by atoms with van der Waals surface area (Å²) in [5, 5.41) is 35.1. The summed E-state index contributed by atoms with van der Waals surface area (Å²) < 4.78 is 85.1. The van der Waals surface area contributed by atoms with Gasteiger partial charge in [-0.25, -0.2) is 32.1 Å². The molecular formula is C18H25F2N12O17P3. The Morgan fingerprint density at radius 3 is 1.67 bits per heavy atom. The van der Waals surface area contributed by atoms with Crippen molar-refractivity contribution >= 4 is 35.1 Å². The van der Waals surface area contributed by atoms with Crippen LogP contribution in [0.25, 0.3) is 20.9 Å². The van der Waals surface area contributed by atoms with Gasteiger partial charge in [0.25, 0.3) is 0 Å². The maximum atomic E-state index is 14.7. The number of halogens is 2. The molecule has 0 aromatic carbocycles. The number of nitrogens with zero attached hydrogens (tertiary/aromatic N) is 10. The molecule has 2 aliphatic heterocycles.